The van der Waals surface area contributed by atoms with Crippen molar-refractivity contribution in [3.63, 3.8) is 0 Å². The van der Waals surface area contributed by atoms with Gasteiger partial charge < -0.3 is 15.4 Å². The minimum atomic E-state index is -0.458. The highest BCUT2D eigenvalue weighted by Gasteiger charge is 2.28. The molecule has 1 saturated heterocycles. The summed E-state index contributed by atoms with van der Waals surface area (Å²) in [5, 5.41) is 4.22. The van der Waals surface area contributed by atoms with E-state index in [-0.39, 0.29) is 12.1 Å². The SMILES string of the molecule is CC(C)(C)OC(=O)N1CCC[C@H](n2cc(N)cn2)C1. The Labute approximate surface area is 113 Å². The lowest BCUT2D eigenvalue weighted by molar-refractivity contribution is 0.0167. The molecule has 1 aliphatic rings. The van der Waals surface area contributed by atoms with Gasteiger partial charge >= 0.3 is 6.09 Å². The molecule has 0 spiro atoms. The third-order valence-corrected chi connectivity index (χ3v) is 3.04. The van der Waals surface area contributed by atoms with E-state index in [2.05, 4.69) is 5.10 Å². The number of anilines is 1. The summed E-state index contributed by atoms with van der Waals surface area (Å²) in [5.41, 5.74) is 5.86. The highest BCUT2D eigenvalue weighted by atomic mass is 16.6. The van der Waals surface area contributed by atoms with Crippen LogP contribution in [0, 0.1) is 0 Å². The summed E-state index contributed by atoms with van der Waals surface area (Å²) in [6.07, 6.45) is 5.14. The molecule has 1 atom stereocenters. The Hall–Kier alpha value is -1.72. The van der Waals surface area contributed by atoms with Crippen LogP contribution in [0.5, 0.6) is 0 Å². The minimum absolute atomic E-state index is 0.179. The van der Waals surface area contributed by atoms with Crippen LogP contribution in [0.4, 0.5) is 10.5 Å². The third-order valence-electron chi connectivity index (χ3n) is 3.04. The van der Waals surface area contributed by atoms with Crippen molar-refractivity contribution >= 4 is 11.8 Å². The Balaban J connectivity index is 1.99. The number of hydrogen-bond acceptors (Lipinski definition) is 4. The van der Waals surface area contributed by atoms with Gasteiger partial charge in [0.05, 0.1) is 17.9 Å². The summed E-state index contributed by atoms with van der Waals surface area (Å²) in [6.45, 7) is 6.99. The van der Waals surface area contributed by atoms with Gasteiger partial charge in [0.1, 0.15) is 5.60 Å². The molecule has 6 nitrogen and oxygen atoms in total. The molecule has 0 bridgehead atoms. The van der Waals surface area contributed by atoms with Gasteiger partial charge in [-0.2, -0.15) is 5.10 Å². The molecule has 19 heavy (non-hydrogen) atoms. The summed E-state index contributed by atoms with van der Waals surface area (Å²) >= 11 is 0. The highest BCUT2D eigenvalue weighted by Crippen LogP contribution is 2.23. The number of nitrogen functional groups attached to an aromatic ring is 1. The predicted molar refractivity (Wildman–Crippen MR) is 72.7 cm³/mol. The van der Waals surface area contributed by atoms with Crippen LogP contribution in [0.25, 0.3) is 0 Å². The Kier molecular flexibility index (Phi) is 3.68. The predicted octanol–water partition coefficient (Wildman–Crippen LogP) is 2.04. The van der Waals surface area contributed by atoms with Crippen LogP contribution in [0.2, 0.25) is 0 Å². The molecule has 0 saturated carbocycles. The largest absolute Gasteiger partial charge is 0.444 e. The zero-order valence-corrected chi connectivity index (χ0v) is 11.8. The van der Waals surface area contributed by atoms with Crippen LogP contribution < -0.4 is 5.73 Å². The van der Waals surface area contributed by atoms with Crippen molar-refractivity contribution in [2.75, 3.05) is 18.8 Å². The van der Waals surface area contributed by atoms with Gasteiger partial charge in [-0.1, -0.05) is 0 Å². The number of carbonyl (C=O) groups excluding carboxylic acids is 1. The van der Waals surface area contributed by atoms with Crippen molar-refractivity contribution in [1.82, 2.24) is 14.7 Å². The van der Waals surface area contributed by atoms with Crippen LogP contribution in [0.15, 0.2) is 12.4 Å². The number of carbonyl (C=O) groups is 1. The van der Waals surface area contributed by atoms with Crippen LogP contribution in [0.1, 0.15) is 39.7 Å². The van der Waals surface area contributed by atoms with Gasteiger partial charge in [-0.05, 0) is 33.6 Å². The molecule has 0 unspecified atom stereocenters. The fraction of sp³-hybridized carbons (Fsp3) is 0.692. The van der Waals surface area contributed by atoms with Crippen LogP contribution in [0.3, 0.4) is 0 Å². The molecule has 0 radical (unpaired) electrons. The lowest BCUT2D eigenvalue weighted by atomic mass is 10.1. The van der Waals surface area contributed by atoms with Gasteiger partial charge in [-0.3, -0.25) is 4.68 Å². The lowest BCUT2D eigenvalue weighted by Crippen LogP contribution is -2.43. The van der Waals surface area contributed by atoms with Crippen molar-refractivity contribution in [1.29, 1.82) is 0 Å². The number of ether oxygens (including phenoxy) is 1. The Morgan fingerprint density at radius 1 is 1.53 bits per heavy atom. The maximum atomic E-state index is 12.0. The second kappa shape index (κ2) is 5.11. The molecule has 1 aliphatic heterocycles. The first kappa shape index (κ1) is 13.7. The van der Waals surface area contributed by atoms with E-state index in [4.69, 9.17) is 10.5 Å². The number of piperidine rings is 1. The quantitative estimate of drug-likeness (QED) is 0.844. The molecule has 1 fully saturated rings. The average molecular weight is 266 g/mol. The van der Waals surface area contributed by atoms with E-state index < -0.39 is 5.60 Å². The van der Waals surface area contributed by atoms with Crippen molar-refractivity contribution < 1.29 is 9.53 Å². The molecule has 0 aliphatic carbocycles. The van der Waals surface area contributed by atoms with E-state index in [1.54, 1.807) is 11.1 Å². The number of amides is 1. The standard InChI is InChI=1S/C13H22N4O2/c1-13(2,3)19-12(18)16-6-4-5-11(9-16)17-8-10(14)7-15-17/h7-8,11H,4-6,9,14H2,1-3H3/t11-/m0/s1. The zero-order valence-electron chi connectivity index (χ0n) is 11.8. The van der Waals surface area contributed by atoms with Crippen molar-refractivity contribution in [3.8, 4) is 0 Å². The van der Waals surface area contributed by atoms with Gasteiger partial charge in [-0.25, -0.2) is 4.79 Å². The molecule has 0 aromatic carbocycles. The first-order valence-electron chi connectivity index (χ1n) is 6.63. The summed E-state index contributed by atoms with van der Waals surface area (Å²) < 4.78 is 7.24. The molecule has 6 heteroatoms. The molecule has 106 valence electrons. The molecular weight excluding hydrogens is 244 g/mol. The van der Waals surface area contributed by atoms with E-state index in [0.29, 0.717) is 12.2 Å². The zero-order chi connectivity index (χ0) is 14.0. The van der Waals surface area contributed by atoms with Gasteiger partial charge in [0.25, 0.3) is 0 Å². The first-order valence-corrected chi connectivity index (χ1v) is 6.63. The smallest absolute Gasteiger partial charge is 0.410 e. The Morgan fingerprint density at radius 3 is 2.84 bits per heavy atom. The van der Waals surface area contributed by atoms with Crippen LogP contribution in [-0.2, 0) is 4.74 Å². The fourth-order valence-electron chi connectivity index (χ4n) is 2.22. The van der Waals surface area contributed by atoms with E-state index in [9.17, 15) is 4.79 Å². The van der Waals surface area contributed by atoms with E-state index in [1.165, 1.54) is 0 Å². The second-order valence-electron chi connectivity index (χ2n) is 5.98. The number of nitrogens with zero attached hydrogens (tertiary/aromatic N) is 3. The second-order valence-corrected chi connectivity index (χ2v) is 5.98. The maximum Gasteiger partial charge on any atom is 0.410 e. The molecular formula is C13H22N4O2. The lowest BCUT2D eigenvalue weighted by Gasteiger charge is -2.34. The maximum absolute atomic E-state index is 12.0. The first-order chi connectivity index (χ1) is 8.85. The molecule has 1 aromatic rings. The van der Waals surface area contributed by atoms with Gasteiger partial charge in [0.15, 0.2) is 0 Å². The minimum Gasteiger partial charge on any atom is -0.444 e. The van der Waals surface area contributed by atoms with Crippen LogP contribution in [-0.4, -0.2) is 39.5 Å². The summed E-state index contributed by atoms with van der Waals surface area (Å²) in [5.74, 6) is 0. The van der Waals surface area contributed by atoms with Crippen molar-refractivity contribution in [3.05, 3.63) is 12.4 Å². The van der Waals surface area contributed by atoms with Crippen molar-refractivity contribution in [2.45, 2.75) is 45.3 Å². The molecule has 2 N–H and O–H groups in total. The number of likely N-dealkylation sites (tertiary alicyclic amines) is 1. The molecule has 1 amide bonds. The van der Waals surface area contributed by atoms with Gasteiger partial charge in [-0.15, -0.1) is 0 Å². The summed E-state index contributed by atoms with van der Waals surface area (Å²) in [6, 6.07) is 0.179. The topological polar surface area (TPSA) is 73.4 Å². The third kappa shape index (κ3) is 3.62. The number of hydrogen-bond donors (Lipinski definition) is 1. The van der Waals surface area contributed by atoms with Gasteiger partial charge in [0, 0.05) is 19.3 Å². The van der Waals surface area contributed by atoms with Gasteiger partial charge in [0.2, 0.25) is 0 Å². The monoisotopic (exact) mass is 266 g/mol. The van der Waals surface area contributed by atoms with E-state index in [1.807, 2.05) is 31.6 Å². The number of nitrogens with two attached hydrogens (primary N) is 1. The Morgan fingerprint density at radius 2 is 2.26 bits per heavy atom. The molecule has 2 heterocycles. The summed E-state index contributed by atoms with van der Waals surface area (Å²) in [4.78, 5) is 13.8. The van der Waals surface area contributed by atoms with Crippen LogP contribution >= 0.6 is 0 Å². The number of aromatic nitrogens is 2. The Bertz CT molecular complexity index is 450. The highest BCUT2D eigenvalue weighted by molar-refractivity contribution is 5.68. The number of rotatable bonds is 1. The summed E-state index contributed by atoms with van der Waals surface area (Å²) in [7, 11) is 0. The molecule has 1 aromatic heterocycles. The van der Waals surface area contributed by atoms with Crippen molar-refractivity contribution in [2.24, 2.45) is 0 Å². The normalized spacial score (nSPS) is 20.4. The average Bonchev–Trinajstić information content (AvgIpc) is 2.74. The fourth-order valence-corrected chi connectivity index (χ4v) is 2.22. The van der Waals surface area contributed by atoms with E-state index >= 15 is 0 Å². The molecule has 2 rings (SSSR count). The van der Waals surface area contributed by atoms with E-state index in [0.717, 1.165) is 19.4 Å².